The van der Waals surface area contributed by atoms with Crippen LogP contribution in [0.15, 0.2) is 48.7 Å². The number of halogens is 3. The number of hydrogen-bond donors (Lipinski definition) is 1. The average Bonchev–Trinajstić information content (AvgIpc) is 3.39. The van der Waals surface area contributed by atoms with E-state index in [4.69, 9.17) is 16.3 Å². The van der Waals surface area contributed by atoms with Gasteiger partial charge in [0.05, 0.1) is 31.5 Å². The first-order valence-electron chi connectivity index (χ1n) is 13.7. The first kappa shape index (κ1) is 27.0. The van der Waals surface area contributed by atoms with Crippen LogP contribution in [0.1, 0.15) is 41.4 Å². The van der Waals surface area contributed by atoms with Gasteiger partial charge in [-0.1, -0.05) is 29.8 Å². The fourth-order valence-electron chi connectivity index (χ4n) is 6.06. The molecule has 0 radical (unpaired) electrons. The summed E-state index contributed by atoms with van der Waals surface area (Å²) < 4.78 is 34.3. The van der Waals surface area contributed by atoms with E-state index in [0.29, 0.717) is 24.0 Å². The smallest absolute Gasteiger partial charge is 0.339 e. The van der Waals surface area contributed by atoms with Crippen LogP contribution in [0.25, 0.3) is 11.1 Å². The Labute approximate surface area is 236 Å². The summed E-state index contributed by atoms with van der Waals surface area (Å²) in [6.45, 7) is 6.86. The number of alkyl halides is 2. The lowest BCUT2D eigenvalue weighted by Gasteiger charge is -2.43. The molecule has 1 aromatic heterocycles. The SMILES string of the molecule is O=C(O)c1cnn(C2CCCN(c3cc(Cl)ccc3-c3ccc(N4CCN(C5COC5)CC4)cc3)C2)c1C(F)F. The highest BCUT2D eigenvalue weighted by Gasteiger charge is 2.32. The van der Waals surface area contributed by atoms with Gasteiger partial charge in [0.15, 0.2) is 0 Å². The van der Waals surface area contributed by atoms with Crippen LogP contribution >= 0.6 is 11.6 Å². The number of nitrogens with zero attached hydrogens (tertiary/aromatic N) is 5. The Morgan fingerprint density at radius 2 is 1.75 bits per heavy atom. The molecule has 0 bridgehead atoms. The summed E-state index contributed by atoms with van der Waals surface area (Å²) in [5.74, 6) is -1.40. The summed E-state index contributed by atoms with van der Waals surface area (Å²) in [5, 5.41) is 14.0. The predicted molar refractivity (Wildman–Crippen MR) is 150 cm³/mol. The van der Waals surface area contributed by atoms with Gasteiger partial charge in [-0.3, -0.25) is 9.58 Å². The third-order valence-corrected chi connectivity index (χ3v) is 8.54. The summed E-state index contributed by atoms with van der Waals surface area (Å²) in [7, 11) is 0. The average molecular weight is 572 g/mol. The minimum atomic E-state index is -2.93. The molecule has 40 heavy (non-hydrogen) atoms. The van der Waals surface area contributed by atoms with E-state index in [1.807, 2.05) is 18.2 Å². The Balaban J connectivity index is 1.21. The first-order chi connectivity index (χ1) is 19.4. The van der Waals surface area contributed by atoms with Crippen molar-refractivity contribution >= 4 is 28.9 Å². The van der Waals surface area contributed by atoms with E-state index in [-0.39, 0.29) is 6.04 Å². The molecule has 4 heterocycles. The maximum absolute atomic E-state index is 13.9. The van der Waals surface area contributed by atoms with Crippen LogP contribution in [0.4, 0.5) is 20.2 Å². The summed E-state index contributed by atoms with van der Waals surface area (Å²) in [6.07, 6.45) is -0.529. The molecule has 3 aliphatic rings. The van der Waals surface area contributed by atoms with Crippen LogP contribution < -0.4 is 9.80 Å². The van der Waals surface area contributed by atoms with E-state index < -0.39 is 23.7 Å². The number of ether oxygens (including phenoxy) is 1. The Hall–Kier alpha value is -3.21. The van der Waals surface area contributed by atoms with Gasteiger partial charge in [-0.05, 0) is 42.7 Å². The van der Waals surface area contributed by atoms with E-state index in [1.165, 1.54) is 10.4 Å². The molecule has 0 saturated carbocycles. The molecule has 3 aliphatic heterocycles. The second-order valence-corrected chi connectivity index (χ2v) is 11.1. The molecule has 2 aromatic carbocycles. The number of aromatic carboxylic acids is 1. The number of hydrogen-bond acceptors (Lipinski definition) is 6. The topological polar surface area (TPSA) is 74.1 Å². The second-order valence-electron chi connectivity index (χ2n) is 10.7. The van der Waals surface area contributed by atoms with Gasteiger partial charge in [0.25, 0.3) is 6.43 Å². The molecule has 3 aromatic rings. The molecule has 3 saturated heterocycles. The van der Waals surface area contributed by atoms with Crippen LogP contribution in [0.5, 0.6) is 0 Å². The highest BCUT2D eigenvalue weighted by atomic mass is 35.5. The summed E-state index contributed by atoms with van der Waals surface area (Å²) in [4.78, 5) is 18.6. The number of benzene rings is 2. The zero-order valence-electron chi connectivity index (χ0n) is 22.1. The molecule has 0 aliphatic carbocycles. The van der Waals surface area contributed by atoms with E-state index in [0.717, 1.165) is 75.4 Å². The van der Waals surface area contributed by atoms with Crippen molar-refractivity contribution < 1.29 is 23.4 Å². The zero-order chi connectivity index (χ0) is 27.8. The molecule has 8 nitrogen and oxygen atoms in total. The predicted octanol–water partition coefficient (Wildman–Crippen LogP) is 5.20. The van der Waals surface area contributed by atoms with Gasteiger partial charge >= 0.3 is 5.97 Å². The zero-order valence-corrected chi connectivity index (χ0v) is 22.8. The molecule has 212 valence electrons. The highest BCUT2D eigenvalue weighted by Crippen LogP contribution is 2.38. The summed E-state index contributed by atoms with van der Waals surface area (Å²) in [5.41, 5.74) is 3.17. The molecule has 0 spiro atoms. The summed E-state index contributed by atoms with van der Waals surface area (Å²) in [6, 6.07) is 14.5. The van der Waals surface area contributed by atoms with E-state index >= 15 is 0 Å². The Bertz CT molecular complexity index is 1360. The van der Waals surface area contributed by atoms with Crippen molar-refractivity contribution in [3.63, 3.8) is 0 Å². The van der Waals surface area contributed by atoms with E-state index in [2.05, 4.69) is 44.1 Å². The van der Waals surface area contributed by atoms with Gasteiger partial charge in [0.2, 0.25) is 0 Å². The van der Waals surface area contributed by atoms with Crippen LogP contribution in [0.3, 0.4) is 0 Å². The molecule has 1 atom stereocenters. The monoisotopic (exact) mass is 571 g/mol. The standard InChI is InChI=1S/C29H32ClF2N5O3/c30-20-5-8-24(19-3-6-21(7-4-19)34-10-12-35(13-11-34)23-17-40-18-23)26(14-20)36-9-1-2-22(16-36)37-27(28(31)32)25(15-33-37)29(38)39/h3-8,14-15,22-23,28H,1-2,9-13,16-18H2,(H,38,39). The normalized spacial score (nSPS) is 20.6. The van der Waals surface area contributed by atoms with Crippen molar-refractivity contribution in [1.82, 2.24) is 14.7 Å². The third-order valence-electron chi connectivity index (χ3n) is 8.31. The lowest BCUT2D eigenvalue weighted by Crippen LogP contribution is -2.56. The van der Waals surface area contributed by atoms with Crippen molar-refractivity contribution in [3.8, 4) is 11.1 Å². The summed E-state index contributed by atoms with van der Waals surface area (Å²) >= 11 is 6.43. The van der Waals surface area contributed by atoms with Gasteiger partial charge < -0.3 is 19.6 Å². The van der Waals surface area contributed by atoms with Gasteiger partial charge in [-0.2, -0.15) is 5.10 Å². The van der Waals surface area contributed by atoms with Crippen LogP contribution in [0, 0.1) is 0 Å². The van der Waals surface area contributed by atoms with Gasteiger partial charge in [0.1, 0.15) is 11.3 Å². The largest absolute Gasteiger partial charge is 0.478 e. The third kappa shape index (κ3) is 5.27. The fourth-order valence-corrected chi connectivity index (χ4v) is 6.23. The van der Waals surface area contributed by atoms with Crippen molar-refractivity contribution in [1.29, 1.82) is 0 Å². The number of anilines is 2. The van der Waals surface area contributed by atoms with Crippen LogP contribution in [0.2, 0.25) is 5.02 Å². The molecule has 6 rings (SSSR count). The number of rotatable bonds is 7. The second kappa shape index (κ2) is 11.3. The van der Waals surface area contributed by atoms with E-state index in [9.17, 15) is 18.7 Å². The lowest BCUT2D eigenvalue weighted by atomic mass is 9.99. The maximum atomic E-state index is 13.9. The molecule has 1 unspecified atom stereocenters. The Morgan fingerprint density at radius 1 is 1.00 bits per heavy atom. The number of piperidine rings is 1. The molecular weight excluding hydrogens is 540 g/mol. The molecule has 3 fully saturated rings. The van der Waals surface area contributed by atoms with Crippen molar-refractivity contribution in [2.24, 2.45) is 0 Å². The number of piperazine rings is 1. The van der Waals surface area contributed by atoms with Crippen LogP contribution in [-0.4, -0.2) is 84.3 Å². The first-order valence-corrected chi connectivity index (χ1v) is 14.1. The minimum Gasteiger partial charge on any atom is -0.478 e. The lowest BCUT2D eigenvalue weighted by molar-refractivity contribution is -0.0660. The maximum Gasteiger partial charge on any atom is 0.339 e. The number of carboxylic acid groups (broad SMARTS) is 1. The molecule has 1 N–H and O–H groups in total. The number of aromatic nitrogens is 2. The van der Waals surface area contributed by atoms with Crippen molar-refractivity contribution in [3.05, 3.63) is 64.9 Å². The van der Waals surface area contributed by atoms with Gasteiger partial charge in [-0.25, -0.2) is 13.6 Å². The molecule has 11 heteroatoms. The number of carbonyl (C=O) groups is 1. The minimum absolute atomic E-state index is 0.384. The van der Waals surface area contributed by atoms with Crippen molar-refractivity contribution in [2.45, 2.75) is 31.4 Å². The van der Waals surface area contributed by atoms with Gasteiger partial charge in [0, 0.05) is 61.2 Å². The quantitative estimate of drug-likeness (QED) is 0.418. The Kier molecular flexibility index (Phi) is 7.65. The number of carboxylic acids is 1. The van der Waals surface area contributed by atoms with Gasteiger partial charge in [-0.15, -0.1) is 0 Å². The Morgan fingerprint density at radius 3 is 2.40 bits per heavy atom. The van der Waals surface area contributed by atoms with Crippen molar-refractivity contribution in [2.75, 3.05) is 62.3 Å². The van der Waals surface area contributed by atoms with Crippen LogP contribution in [-0.2, 0) is 4.74 Å². The molecule has 0 amide bonds. The molecular formula is C29H32ClF2N5O3. The highest BCUT2D eigenvalue weighted by molar-refractivity contribution is 6.31. The van der Waals surface area contributed by atoms with E-state index in [1.54, 1.807) is 0 Å². The fraction of sp³-hybridized carbons (Fsp3) is 0.448.